The fourth-order valence-electron chi connectivity index (χ4n) is 3.21. The van der Waals surface area contributed by atoms with Crippen molar-refractivity contribution < 1.29 is 13.2 Å². The van der Waals surface area contributed by atoms with Gasteiger partial charge in [0.1, 0.15) is 6.04 Å². The maximum atomic E-state index is 12.4. The van der Waals surface area contributed by atoms with E-state index < -0.39 is 16.1 Å². The van der Waals surface area contributed by atoms with Crippen LogP contribution in [-0.2, 0) is 21.4 Å². The monoisotopic (exact) mass is 377 g/mol. The molecule has 0 spiro atoms. The van der Waals surface area contributed by atoms with Crippen LogP contribution in [0.1, 0.15) is 29.8 Å². The molecule has 1 aliphatic rings. The number of carbonyl (C=O) groups excluding carboxylic acids is 1. The Labute approximate surface area is 153 Å². The largest absolute Gasteiger partial charge is 0.351 e. The second kappa shape index (κ2) is 7.16. The highest BCUT2D eigenvalue weighted by Gasteiger charge is 2.36. The van der Waals surface area contributed by atoms with Gasteiger partial charge in [-0.25, -0.2) is 18.1 Å². The van der Waals surface area contributed by atoms with E-state index >= 15 is 0 Å². The lowest BCUT2D eigenvalue weighted by Crippen LogP contribution is -2.45. The van der Waals surface area contributed by atoms with Crippen LogP contribution in [0.15, 0.2) is 24.4 Å². The minimum absolute atomic E-state index is 0.268. The number of pyridine rings is 1. The van der Waals surface area contributed by atoms with Crippen molar-refractivity contribution in [2.24, 2.45) is 0 Å². The molecule has 0 saturated carbocycles. The van der Waals surface area contributed by atoms with Gasteiger partial charge in [0.2, 0.25) is 15.9 Å². The molecule has 1 saturated heterocycles. The zero-order valence-corrected chi connectivity index (χ0v) is 16.0. The number of amides is 1. The third-order valence-electron chi connectivity index (χ3n) is 4.43. The van der Waals surface area contributed by atoms with Crippen molar-refractivity contribution in [2.45, 2.75) is 39.3 Å². The number of nitrogens with one attached hydrogen (secondary N) is 1. The number of aromatic nitrogens is 3. The molecule has 8 nitrogen and oxygen atoms in total. The Hall–Kier alpha value is -2.26. The molecule has 0 radical (unpaired) electrons. The van der Waals surface area contributed by atoms with Gasteiger partial charge in [-0.05, 0) is 44.4 Å². The molecule has 2 aromatic rings. The normalized spacial score (nSPS) is 18.2. The van der Waals surface area contributed by atoms with E-state index in [4.69, 9.17) is 0 Å². The maximum absolute atomic E-state index is 12.4. The first kappa shape index (κ1) is 18.5. The van der Waals surface area contributed by atoms with Crippen LogP contribution < -0.4 is 5.32 Å². The molecule has 0 aliphatic carbocycles. The molecule has 3 heterocycles. The van der Waals surface area contributed by atoms with E-state index in [1.54, 1.807) is 10.9 Å². The number of aryl methyl sites for hydroxylation is 2. The van der Waals surface area contributed by atoms with Crippen LogP contribution in [0.3, 0.4) is 0 Å². The van der Waals surface area contributed by atoms with E-state index in [1.165, 1.54) is 4.31 Å². The smallest absolute Gasteiger partial charge is 0.238 e. The number of hydrogen-bond donors (Lipinski definition) is 1. The van der Waals surface area contributed by atoms with Crippen LogP contribution >= 0.6 is 0 Å². The highest BCUT2D eigenvalue weighted by Crippen LogP contribution is 2.20. The summed E-state index contributed by atoms with van der Waals surface area (Å²) in [5.41, 5.74) is 2.76. The van der Waals surface area contributed by atoms with Crippen molar-refractivity contribution >= 4 is 15.9 Å². The first-order chi connectivity index (χ1) is 12.3. The SMILES string of the molecule is Cc1cc(C)n(-c2ccc(CNC(=O)[C@H]3CCCN3S(C)(=O)=O)cn2)n1. The summed E-state index contributed by atoms with van der Waals surface area (Å²) in [5, 5.41) is 7.20. The van der Waals surface area contributed by atoms with Crippen LogP contribution in [0.25, 0.3) is 5.82 Å². The van der Waals surface area contributed by atoms with Crippen LogP contribution in [0, 0.1) is 13.8 Å². The quantitative estimate of drug-likeness (QED) is 0.836. The summed E-state index contributed by atoms with van der Waals surface area (Å²) in [4.78, 5) is 16.8. The van der Waals surface area contributed by atoms with Crippen LogP contribution in [0.2, 0.25) is 0 Å². The van der Waals surface area contributed by atoms with E-state index in [0.717, 1.165) is 23.2 Å². The lowest BCUT2D eigenvalue weighted by molar-refractivity contribution is -0.124. The van der Waals surface area contributed by atoms with Crippen molar-refractivity contribution in [2.75, 3.05) is 12.8 Å². The highest BCUT2D eigenvalue weighted by molar-refractivity contribution is 7.88. The van der Waals surface area contributed by atoms with Gasteiger partial charge >= 0.3 is 0 Å². The Morgan fingerprint density at radius 2 is 2.12 bits per heavy atom. The molecule has 3 rings (SSSR count). The summed E-state index contributed by atoms with van der Waals surface area (Å²) in [6, 6.07) is 5.08. The molecular weight excluding hydrogens is 354 g/mol. The summed E-state index contributed by atoms with van der Waals surface area (Å²) >= 11 is 0. The molecule has 1 N–H and O–H groups in total. The van der Waals surface area contributed by atoms with Crippen molar-refractivity contribution in [3.05, 3.63) is 41.3 Å². The molecule has 26 heavy (non-hydrogen) atoms. The average Bonchev–Trinajstić information content (AvgIpc) is 3.19. The number of hydrogen-bond acceptors (Lipinski definition) is 5. The van der Waals surface area contributed by atoms with Gasteiger partial charge in [-0.1, -0.05) is 6.07 Å². The molecule has 0 bridgehead atoms. The molecular formula is C17H23N5O3S. The van der Waals surface area contributed by atoms with E-state index in [0.29, 0.717) is 31.7 Å². The Morgan fingerprint density at radius 3 is 2.69 bits per heavy atom. The minimum Gasteiger partial charge on any atom is -0.351 e. The summed E-state index contributed by atoms with van der Waals surface area (Å²) in [6.07, 6.45) is 4.08. The number of nitrogens with zero attached hydrogens (tertiary/aromatic N) is 4. The topological polar surface area (TPSA) is 97.2 Å². The molecule has 9 heteroatoms. The summed E-state index contributed by atoms with van der Waals surface area (Å²) < 4.78 is 26.5. The van der Waals surface area contributed by atoms with Crippen LogP contribution in [0.5, 0.6) is 0 Å². The zero-order chi connectivity index (χ0) is 18.9. The second-order valence-corrected chi connectivity index (χ2v) is 8.55. The predicted molar refractivity (Wildman–Crippen MR) is 97.3 cm³/mol. The van der Waals surface area contributed by atoms with E-state index in [1.807, 2.05) is 32.0 Å². The lowest BCUT2D eigenvalue weighted by atomic mass is 10.2. The number of rotatable bonds is 5. The highest BCUT2D eigenvalue weighted by atomic mass is 32.2. The fraction of sp³-hybridized carbons (Fsp3) is 0.471. The molecule has 1 aliphatic heterocycles. The Balaban J connectivity index is 1.63. The van der Waals surface area contributed by atoms with Gasteiger partial charge in [0, 0.05) is 25.0 Å². The van der Waals surface area contributed by atoms with Gasteiger partial charge in [-0.2, -0.15) is 9.40 Å². The summed E-state index contributed by atoms with van der Waals surface area (Å²) in [7, 11) is -3.37. The summed E-state index contributed by atoms with van der Waals surface area (Å²) in [5.74, 6) is 0.445. The lowest BCUT2D eigenvalue weighted by Gasteiger charge is -2.21. The first-order valence-electron chi connectivity index (χ1n) is 8.49. The molecule has 1 fully saturated rings. The van der Waals surface area contributed by atoms with Crippen molar-refractivity contribution in [1.82, 2.24) is 24.4 Å². The van der Waals surface area contributed by atoms with Gasteiger partial charge in [-0.15, -0.1) is 0 Å². The summed E-state index contributed by atoms with van der Waals surface area (Å²) in [6.45, 7) is 4.59. The Morgan fingerprint density at radius 1 is 1.35 bits per heavy atom. The maximum Gasteiger partial charge on any atom is 0.238 e. The van der Waals surface area contributed by atoms with E-state index in [9.17, 15) is 13.2 Å². The third kappa shape index (κ3) is 3.94. The van der Waals surface area contributed by atoms with Crippen molar-refractivity contribution in [1.29, 1.82) is 0 Å². The van der Waals surface area contributed by atoms with Crippen molar-refractivity contribution in [3.63, 3.8) is 0 Å². The standard InChI is InChI=1S/C17H23N5O3S/c1-12-9-13(2)22(20-12)16-7-6-14(10-18-16)11-19-17(23)15-5-4-8-21(15)26(3,24)25/h6-7,9-10,15H,4-5,8,11H2,1-3H3,(H,19,23)/t15-/m1/s1. The minimum atomic E-state index is -3.37. The molecule has 1 amide bonds. The van der Waals surface area contributed by atoms with Gasteiger partial charge in [0.15, 0.2) is 5.82 Å². The molecule has 0 aromatic carbocycles. The first-order valence-corrected chi connectivity index (χ1v) is 10.3. The Bertz CT molecular complexity index is 905. The van der Waals surface area contributed by atoms with Gasteiger partial charge in [-0.3, -0.25) is 4.79 Å². The van der Waals surface area contributed by atoms with Gasteiger partial charge in [0.05, 0.1) is 11.9 Å². The van der Waals surface area contributed by atoms with E-state index in [-0.39, 0.29) is 5.91 Å². The second-order valence-electron chi connectivity index (χ2n) is 6.61. The third-order valence-corrected chi connectivity index (χ3v) is 5.72. The fourth-order valence-corrected chi connectivity index (χ4v) is 4.34. The molecule has 1 atom stereocenters. The zero-order valence-electron chi connectivity index (χ0n) is 15.1. The van der Waals surface area contributed by atoms with E-state index in [2.05, 4.69) is 15.4 Å². The molecule has 0 unspecified atom stereocenters. The van der Waals surface area contributed by atoms with Gasteiger partial charge < -0.3 is 5.32 Å². The number of sulfonamides is 1. The van der Waals surface area contributed by atoms with Crippen LogP contribution in [0.4, 0.5) is 0 Å². The number of carbonyl (C=O) groups is 1. The van der Waals surface area contributed by atoms with Crippen LogP contribution in [-0.4, -0.2) is 52.2 Å². The molecule has 2 aromatic heterocycles. The Kier molecular flexibility index (Phi) is 5.10. The van der Waals surface area contributed by atoms with Gasteiger partial charge in [0.25, 0.3) is 0 Å². The van der Waals surface area contributed by atoms with Crippen molar-refractivity contribution in [3.8, 4) is 5.82 Å². The molecule has 140 valence electrons. The predicted octanol–water partition coefficient (Wildman–Crippen LogP) is 0.924. The average molecular weight is 377 g/mol.